The van der Waals surface area contributed by atoms with Crippen LogP contribution in [0.2, 0.25) is 10.0 Å². The summed E-state index contributed by atoms with van der Waals surface area (Å²) in [6.07, 6.45) is 1.83. The summed E-state index contributed by atoms with van der Waals surface area (Å²) in [7, 11) is 0. The number of halogens is 2. The third-order valence-corrected chi connectivity index (χ3v) is 5.29. The molecule has 3 aromatic rings. The number of aromatic nitrogens is 3. The molecule has 0 aliphatic carbocycles. The minimum Gasteiger partial charge on any atom is -0.317 e. The Bertz CT molecular complexity index is 801. The van der Waals surface area contributed by atoms with Crippen molar-refractivity contribution >= 4 is 46.0 Å². The van der Waals surface area contributed by atoms with Crippen molar-refractivity contribution in [3.8, 4) is 0 Å². The molecule has 0 N–H and O–H groups in total. The van der Waals surface area contributed by atoms with E-state index < -0.39 is 0 Å². The van der Waals surface area contributed by atoms with E-state index in [0.29, 0.717) is 15.3 Å². The van der Waals surface area contributed by atoms with Crippen LogP contribution in [-0.4, -0.2) is 14.5 Å². The van der Waals surface area contributed by atoms with E-state index in [1.807, 2.05) is 30.5 Å². The molecule has 3 nitrogen and oxygen atoms in total. The number of nitrogens with zero attached hydrogens (tertiary/aromatic N) is 3. The lowest BCUT2D eigenvalue weighted by Gasteiger charge is -2.07. The van der Waals surface area contributed by atoms with E-state index >= 15 is 0 Å². The van der Waals surface area contributed by atoms with Crippen molar-refractivity contribution < 1.29 is 0 Å². The molecule has 0 saturated heterocycles. The maximum absolute atomic E-state index is 6.11. The molecule has 0 saturated carbocycles. The van der Waals surface area contributed by atoms with E-state index in [9.17, 15) is 0 Å². The fraction of sp³-hybridized carbons (Fsp3) is 0.143. The average molecular weight is 322 g/mol. The summed E-state index contributed by atoms with van der Waals surface area (Å²) in [5.41, 5.74) is 3.00. The fourth-order valence-corrected chi connectivity index (χ4v) is 3.92. The Balaban J connectivity index is 1.78. The third kappa shape index (κ3) is 1.91. The first-order valence-corrected chi connectivity index (χ1v) is 7.79. The molecule has 1 unspecified atom stereocenters. The van der Waals surface area contributed by atoms with E-state index in [2.05, 4.69) is 20.6 Å². The number of hydrogen-bond acceptors (Lipinski definition) is 3. The molecule has 6 heteroatoms. The number of fused-ring (bicyclic) bond motifs is 3. The van der Waals surface area contributed by atoms with Gasteiger partial charge >= 0.3 is 0 Å². The molecule has 100 valence electrons. The Hall–Kier alpha value is -1.23. The van der Waals surface area contributed by atoms with Crippen molar-refractivity contribution in [2.45, 2.75) is 17.0 Å². The minimum absolute atomic E-state index is 0.303. The fourth-order valence-electron chi connectivity index (χ4n) is 2.42. The van der Waals surface area contributed by atoms with Crippen LogP contribution in [-0.2, 0) is 6.54 Å². The van der Waals surface area contributed by atoms with E-state index in [0.717, 1.165) is 28.4 Å². The predicted octanol–water partition coefficient (Wildman–Crippen LogP) is 4.59. The number of thioether (sulfide) groups is 1. The van der Waals surface area contributed by atoms with Gasteiger partial charge in [-0.1, -0.05) is 41.0 Å². The van der Waals surface area contributed by atoms with Crippen LogP contribution in [0.3, 0.4) is 0 Å². The summed E-state index contributed by atoms with van der Waals surface area (Å²) >= 11 is 13.9. The van der Waals surface area contributed by atoms with Gasteiger partial charge in [-0.2, -0.15) is 0 Å². The van der Waals surface area contributed by atoms with Crippen LogP contribution in [0, 0.1) is 0 Å². The molecular formula is C14H9Cl2N3S. The van der Waals surface area contributed by atoms with Gasteiger partial charge in [-0.15, -0.1) is 0 Å². The molecule has 1 aromatic carbocycles. The second-order valence-corrected chi connectivity index (χ2v) is 6.61. The number of pyridine rings is 1. The highest BCUT2D eigenvalue weighted by Gasteiger charge is 2.28. The van der Waals surface area contributed by atoms with Gasteiger partial charge in [0.25, 0.3) is 0 Å². The van der Waals surface area contributed by atoms with Crippen molar-refractivity contribution in [2.75, 3.05) is 0 Å². The number of hydrogen-bond donors (Lipinski definition) is 0. The topological polar surface area (TPSA) is 30.7 Å². The molecule has 1 atom stereocenters. The molecule has 1 aliphatic heterocycles. The van der Waals surface area contributed by atoms with Crippen LogP contribution < -0.4 is 0 Å². The van der Waals surface area contributed by atoms with E-state index in [1.54, 1.807) is 11.8 Å². The first kappa shape index (κ1) is 12.5. The molecule has 1 aliphatic rings. The first-order valence-electron chi connectivity index (χ1n) is 6.15. The Kier molecular flexibility index (Phi) is 2.91. The summed E-state index contributed by atoms with van der Waals surface area (Å²) in [4.78, 5) is 9.05. The molecule has 0 amide bonds. The molecular weight excluding hydrogens is 313 g/mol. The maximum atomic E-state index is 6.11. The van der Waals surface area contributed by atoms with Crippen molar-refractivity contribution in [1.82, 2.24) is 14.5 Å². The Morgan fingerprint density at radius 1 is 1.20 bits per heavy atom. The van der Waals surface area contributed by atoms with Gasteiger partial charge in [-0.3, -0.25) is 4.98 Å². The smallest absolute Gasteiger partial charge is 0.169 e. The van der Waals surface area contributed by atoms with Crippen LogP contribution in [0.5, 0.6) is 0 Å². The first-order chi connectivity index (χ1) is 9.72. The van der Waals surface area contributed by atoms with Gasteiger partial charge in [-0.05, 0) is 24.3 Å². The van der Waals surface area contributed by atoms with Gasteiger partial charge in [0.05, 0.1) is 32.0 Å². The lowest BCUT2D eigenvalue weighted by Crippen LogP contribution is -2.00. The van der Waals surface area contributed by atoms with Crippen molar-refractivity contribution in [2.24, 2.45) is 0 Å². The van der Waals surface area contributed by atoms with Crippen molar-refractivity contribution in [3.05, 3.63) is 52.3 Å². The van der Waals surface area contributed by atoms with Gasteiger partial charge in [0, 0.05) is 12.7 Å². The molecule has 20 heavy (non-hydrogen) atoms. The molecule has 0 spiro atoms. The third-order valence-electron chi connectivity index (χ3n) is 3.37. The van der Waals surface area contributed by atoms with Gasteiger partial charge in [0.15, 0.2) is 5.16 Å². The monoisotopic (exact) mass is 321 g/mol. The van der Waals surface area contributed by atoms with Crippen molar-refractivity contribution in [3.63, 3.8) is 0 Å². The maximum Gasteiger partial charge on any atom is 0.169 e. The molecule has 2 aromatic heterocycles. The summed E-state index contributed by atoms with van der Waals surface area (Å²) in [5.74, 6) is 0. The van der Waals surface area contributed by atoms with Crippen molar-refractivity contribution in [1.29, 1.82) is 0 Å². The summed E-state index contributed by atoms with van der Waals surface area (Å²) in [6.45, 7) is 0.853. The van der Waals surface area contributed by atoms with E-state index in [-0.39, 0.29) is 0 Å². The Morgan fingerprint density at radius 3 is 2.85 bits per heavy atom. The van der Waals surface area contributed by atoms with E-state index in [4.69, 9.17) is 23.2 Å². The molecule has 0 bridgehead atoms. The second-order valence-electron chi connectivity index (χ2n) is 4.62. The molecule has 4 rings (SSSR count). The van der Waals surface area contributed by atoms with Crippen LogP contribution in [0.25, 0.3) is 11.0 Å². The van der Waals surface area contributed by atoms with Gasteiger partial charge < -0.3 is 4.57 Å². The summed E-state index contributed by atoms with van der Waals surface area (Å²) < 4.78 is 2.18. The van der Waals surface area contributed by atoms with E-state index in [1.165, 1.54) is 0 Å². The predicted molar refractivity (Wildman–Crippen MR) is 82.6 cm³/mol. The Labute approximate surface area is 129 Å². The zero-order chi connectivity index (χ0) is 13.7. The zero-order valence-electron chi connectivity index (χ0n) is 10.3. The molecule has 3 heterocycles. The number of benzene rings is 1. The van der Waals surface area contributed by atoms with Gasteiger partial charge in [-0.25, -0.2) is 4.98 Å². The van der Waals surface area contributed by atoms with Crippen LogP contribution in [0.15, 0.2) is 41.7 Å². The lowest BCUT2D eigenvalue weighted by molar-refractivity contribution is 0.674. The molecule has 0 fully saturated rings. The summed E-state index contributed by atoms with van der Waals surface area (Å²) in [6, 6.07) is 9.70. The van der Waals surface area contributed by atoms with Crippen LogP contribution in [0.1, 0.15) is 10.9 Å². The normalized spacial score (nSPS) is 17.6. The van der Waals surface area contributed by atoms with Crippen LogP contribution >= 0.6 is 35.0 Å². The zero-order valence-corrected chi connectivity index (χ0v) is 12.6. The minimum atomic E-state index is 0.303. The quantitative estimate of drug-likeness (QED) is 0.657. The average Bonchev–Trinajstić information content (AvgIpc) is 2.99. The standard InChI is InChI=1S/C14H9Cl2N3S/c15-8-5-11-12(6-9(8)16)19-7-13(20-14(19)18-11)10-3-1-2-4-17-10/h1-6,13H,7H2. The van der Waals surface area contributed by atoms with Crippen LogP contribution in [0.4, 0.5) is 0 Å². The number of imidazole rings is 1. The van der Waals surface area contributed by atoms with Gasteiger partial charge in [0.1, 0.15) is 0 Å². The highest BCUT2D eigenvalue weighted by molar-refractivity contribution is 7.99. The largest absolute Gasteiger partial charge is 0.317 e. The van der Waals surface area contributed by atoms with Gasteiger partial charge in [0.2, 0.25) is 0 Å². The lowest BCUT2D eigenvalue weighted by atomic mass is 10.2. The highest BCUT2D eigenvalue weighted by atomic mass is 35.5. The Morgan fingerprint density at radius 2 is 2.05 bits per heavy atom. The number of rotatable bonds is 1. The molecule has 0 radical (unpaired) electrons. The SMILES string of the molecule is Clc1cc2nc3n(c2cc1Cl)CC(c1ccccn1)S3. The second kappa shape index (κ2) is 4.65. The summed E-state index contributed by atoms with van der Waals surface area (Å²) in [5, 5.41) is 2.40. The highest BCUT2D eigenvalue weighted by Crippen LogP contribution is 2.44.